The number of nitrogens with zero attached hydrogens (tertiary/aromatic N) is 2. The number of aliphatic imine (C=N–C) groups is 1. The van der Waals surface area contributed by atoms with E-state index in [2.05, 4.69) is 34.4 Å². The third-order valence-corrected chi connectivity index (χ3v) is 5.39. The molecule has 1 saturated carbocycles. The zero-order chi connectivity index (χ0) is 15.8. The van der Waals surface area contributed by atoms with E-state index >= 15 is 0 Å². The third kappa shape index (κ3) is 5.79. The number of hydrogen-bond acceptors (Lipinski definition) is 2. The third-order valence-electron chi connectivity index (χ3n) is 5.39. The SMILES string of the molecule is CCCN1CCC(CNC(=NC)NC2CCC(C)CC2)CC1. The summed E-state index contributed by atoms with van der Waals surface area (Å²) in [6, 6.07) is 0.619. The van der Waals surface area contributed by atoms with Crippen LogP contribution in [0.5, 0.6) is 0 Å². The number of nitrogens with one attached hydrogen (secondary N) is 2. The topological polar surface area (TPSA) is 39.7 Å². The molecule has 0 spiro atoms. The van der Waals surface area contributed by atoms with Crippen molar-refractivity contribution in [2.45, 2.75) is 64.8 Å². The summed E-state index contributed by atoms with van der Waals surface area (Å²) in [4.78, 5) is 7.02. The van der Waals surface area contributed by atoms with E-state index < -0.39 is 0 Å². The molecule has 2 N–H and O–H groups in total. The largest absolute Gasteiger partial charge is 0.356 e. The highest BCUT2D eigenvalue weighted by Crippen LogP contribution is 2.23. The highest BCUT2D eigenvalue weighted by molar-refractivity contribution is 5.79. The Hall–Kier alpha value is -0.770. The first-order chi connectivity index (χ1) is 10.7. The molecular weight excluding hydrogens is 272 g/mol. The van der Waals surface area contributed by atoms with E-state index in [-0.39, 0.29) is 0 Å². The minimum atomic E-state index is 0.619. The maximum Gasteiger partial charge on any atom is 0.191 e. The van der Waals surface area contributed by atoms with Crippen LogP contribution in [0.1, 0.15) is 58.8 Å². The maximum absolute atomic E-state index is 4.41. The second-order valence-corrected chi connectivity index (χ2v) is 7.34. The van der Waals surface area contributed by atoms with E-state index in [0.29, 0.717) is 6.04 Å². The minimum Gasteiger partial charge on any atom is -0.356 e. The molecule has 2 rings (SSSR count). The first kappa shape index (κ1) is 17.6. The minimum absolute atomic E-state index is 0.619. The number of piperidine rings is 1. The Labute approximate surface area is 137 Å². The molecule has 4 nitrogen and oxygen atoms in total. The lowest BCUT2D eigenvalue weighted by Gasteiger charge is -2.32. The van der Waals surface area contributed by atoms with Gasteiger partial charge in [-0.2, -0.15) is 0 Å². The predicted octanol–water partition coefficient (Wildman–Crippen LogP) is 2.85. The summed E-state index contributed by atoms with van der Waals surface area (Å²) in [5.74, 6) is 2.72. The van der Waals surface area contributed by atoms with Gasteiger partial charge in [-0.15, -0.1) is 0 Å². The van der Waals surface area contributed by atoms with Gasteiger partial charge < -0.3 is 15.5 Å². The van der Waals surface area contributed by atoms with Crippen LogP contribution in [-0.4, -0.2) is 50.1 Å². The average molecular weight is 309 g/mol. The van der Waals surface area contributed by atoms with Crippen LogP contribution in [-0.2, 0) is 0 Å². The van der Waals surface area contributed by atoms with E-state index in [9.17, 15) is 0 Å². The molecule has 128 valence electrons. The highest BCUT2D eigenvalue weighted by Gasteiger charge is 2.21. The molecule has 0 amide bonds. The molecule has 0 bridgehead atoms. The quantitative estimate of drug-likeness (QED) is 0.606. The van der Waals surface area contributed by atoms with Gasteiger partial charge in [-0.3, -0.25) is 4.99 Å². The molecule has 0 aromatic heterocycles. The Morgan fingerprint density at radius 1 is 1.09 bits per heavy atom. The molecule has 2 aliphatic rings. The summed E-state index contributed by atoms with van der Waals surface area (Å²) >= 11 is 0. The predicted molar refractivity (Wildman–Crippen MR) is 95.4 cm³/mol. The molecule has 4 heteroatoms. The fraction of sp³-hybridized carbons (Fsp3) is 0.944. The molecule has 1 aliphatic heterocycles. The molecule has 1 heterocycles. The molecule has 0 aromatic rings. The summed E-state index contributed by atoms with van der Waals surface area (Å²) in [6.07, 6.45) is 9.21. The van der Waals surface area contributed by atoms with Crippen molar-refractivity contribution >= 4 is 5.96 Å². The van der Waals surface area contributed by atoms with Crippen molar-refractivity contribution in [3.05, 3.63) is 0 Å². The van der Waals surface area contributed by atoms with Gasteiger partial charge in [-0.1, -0.05) is 13.8 Å². The highest BCUT2D eigenvalue weighted by atomic mass is 15.2. The van der Waals surface area contributed by atoms with Crippen molar-refractivity contribution in [2.24, 2.45) is 16.8 Å². The molecule has 1 saturated heterocycles. The smallest absolute Gasteiger partial charge is 0.191 e. The van der Waals surface area contributed by atoms with E-state index in [1.807, 2.05) is 7.05 Å². The molecule has 0 atom stereocenters. The van der Waals surface area contributed by atoms with Gasteiger partial charge in [-0.25, -0.2) is 0 Å². The summed E-state index contributed by atoms with van der Waals surface area (Å²) in [6.45, 7) is 9.52. The van der Waals surface area contributed by atoms with Crippen LogP contribution >= 0.6 is 0 Å². The van der Waals surface area contributed by atoms with Crippen LogP contribution in [0, 0.1) is 11.8 Å². The van der Waals surface area contributed by atoms with Crippen molar-refractivity contribution in [1.29, 1.82) is 0 Å². The second-order valence-electron chi connectivity index (χ2n) is 7.34. The Bertz CT molecular complexity index is 326. The first-order valence-corrected chi connectivity index (χ1v) is 9.40. The van der Waals surface area contributed by atoms with E-state index in [1.54, 1.807) is 0 Å². The molecule has 2 fully saturated rings. The zero-order valence-electron chi connectivity index (χ0n) is 14.9. The summed E-state index contributed by atoms with van der Waals surface area (Å²) in [5.41, 5.74) is 0. The van der Waals surface area contributed by atoms with E-state index in [4.69, 9.17) is 0 Å². The average Bonchev–Trinajstić information content (AvgIpc) is 2.55. The monoisotopic (exact) mass is 308 g/mol. The van der Waals surface area contributed by atoms with E-state index in [0.717, 1.165) is 24.3 Å². The van der Waals surface area contributed by atoms with Gasteiger partial charge in [0, 0.05) is 19.6 Å². The van der Waals surface area contributed by atoms with Gasteiger partial charge in [0.25, 0.3) is 0 Å². The lowest BCUT2D eigenvalue weighted by molar-refractivity contribution is 0.185. The van der Waals surface area contributed by atoms with Crippen molar-refractivity contribution in [1.82, 2.24) is 15.5 Å². The van der Waals surface area contributed by atoms with Crippen molar-refractivity contribution in [3.8, 4) is 0 Å². The number of guanidine groups is 1. The Kier molecular flexibility index (Phi) is 7.50. The number of hydrogen-bond donors (Lipinski definition) is 2. The molecule has 22 heavy (non-hydrogen) atoms. The lowest BCUT2D eigenvalue weighted by Crippen LogP contribution is -2.47. The van der Waals surface area contributed by atoms with Gasteiger partial charge in [-0.05, 0) is 76.4 Å². The Morgan fingerprint density at radius 3 is 2.36 bits per heavy atom. The number of rotatable bonds is 5. The Morgan fingerprint density at radius 2 is 1.77 bits per heavy atom. The standard InChI is InChI=1S/C18H36N4/c1-4-11-22-12-9-16(10-13-22)14-20-18(19-3)21-17-7-5-15(2)6-8-17/h15-17H,4-14H2,1-3H3,(H2,19,20,21). The van der Waals surface area contributed by atoms with Gasteiger partial charge in [0.2, 0.25) is 0 Å². The summed E-state index contributed by atoms with van der Waals surface area (Å²) < 4.78 is 0. The maximum atomic E-state index is 4.41. The van der Waals surface area contributed by atoms with Crippen LogP contribution in [0.2, 0.25) is 0 Å². The van der Waals surface area contributed by atoms with Crippen molar-refractivity contribution < 1.29 is 0 Å². The van der Waals surface area contributed by atoms with Crippen LogP contribution in [0.25, 0.3) is 0 Å². The van der Waals surface area contributed by atoms with Crippen molar-refractivity contribution in [2.75, 3.05) is 33.2 Å². The van der Waals surface area contributed by atoms with Gasteiger partial charge in [0.1, 0.15) is 0 Å². The molecule has 0 aromatic carbocycles. The van der Waals surface area contributed by atoms with E-state index in [1.165, 1.54) is 64.6 Å². The fourth-order valence-corrected chi connectivity index (χ4v) is 3.76. The molecule has 0 unspecified atom stereocenters. The van der Waals surface area contributed by atoms with Crippen LogP contribution in [0.4, 0.5) is 0 Å². The second kappa shape index (κ2) is 9.39. The lowest BCUT2D eigenvalue weighted by atomic mass is 9.87. The zero-order valence-corrected chi connectivity index (χ0v) is 14.9. The first-order valence-electron chi connectivity index (χ1n) is 9.40. The van der Waals surface area contributed by atoms with Crippen LogP contribution < -0.4 is 10.6 Å². The molecule has 0 radical (unpaired) electrons. The molecular formula is C18H36N4. The van der Waals surface area contributed by atoms with Gasteiger partial charge in [0.15, 0.2) is 5.96 Å². The normalized spacial score (nSPS) is 28.6. The van der Waals surface area contributed by atoms with Crippen LogP contribution in [0.3, 0.4) is 0 Å². The van der Waals surface area contributed by atoms with Gasteiger partial charge in [0.05, 0.1) is 0 Å². The Balaban J connectivity index is 1.64. The van der Waals surface area contributed by atoms with Gasteiger partial charge >= 0.3 is 0 Å². The number of likely N-dealkylation sites (tertiary alicyclic amines) is 1. The van der Waals surface area contributed by atoms with Crippen LogP contribution in [0.15, 0.2) is 4.99 Å². The summed E-state index contributed by atoms with van der Waals surface area (Å²) in [7, 11) is 1.89. The summed E-state index contributed by atoms with van der Waals surface area (Å²) in [5, 5.41) is 7.19. The molecule has 1 aliphatic carbocycles. The van der Waals surface area contributed by atoms with Crippen molar-refractivity contribution in [3.63, 3.8) is 0 Å². The fourth-order valence-electron chi connectivity index (χ4n) is 3.76.